The van der Waals surface area contributed by atoms with Gasteiger partial charge >= 0.3 is 5.97 Å². The first-order valence-electron chi connectivity index (χ1n) is 7.34. The molecule has 1 fully saturated rings. The topological polar surface area (TPSA) is 26.3 Å². The van der Waals surface area contributed by atoms with E-state index in [9.17, 15) is 4.79 Å². The average Bonchev–Trinajstić information content (AvgIpc) is 2.38. The van der Waals surface area contributed by atoms with Gasteiger partial charge in [-0.2, -0.15) is 0 Å². The summed E-state index contributed by atoms with van der Waals surface area (Å²) in [5, 5.41) is 0. The van der Waals surface area contributed by atoms with Crippen molar-refractivity contribution in [2.45, 2.75) is 60.8 Å². The Labute approximate surface area is 119 Å². The molecular weight excluding hydrogens is 236 g/mol. The highest BCUT2D eigenvalue weighted by atomic mass is 16.5. The summed E-state index contributed by atoms with van der Waals surface area (Å²) in [5.74, 6) is 1.71. The van der Waals surface area contributed by atoms with Crippen LogP contribution in [-0.2, 0) is 9.53 Å². The number of carbonyl (C=O) groups excluding carboxylic acids is 1. The van der Waals surface area contributed by atoms with Crippen molar-refractivity contribution in [1.82, 2.24) is 0 Å². The van der Waals surface area contributed by atoms with Crippen molar-refractivity contribution < 1.29 is 9.53 Å². The van der Waals surface area contributed by atoms with E-state index in [-0.39, 0.29) is 19.3 Å². The second-order valence-electron chi connectivity index (χ2n) is 5.60. The van der Waals surface area contributed by atoms with Crippen LogP contribution in [0.15, 0.2) is 11.6 Å². The lowest BCUT2D eigenvalue weighted by Gasteiger charge is -2.39. The maximum atomic E-state index is 11.8. The van der Waals surface area contributed by atoms with Crippen molar-refractivity contribution in [2.75, 3.05) is 7.11 Å². The van der Waals surface area contributed by atoms with Crippen molar-refractivity contribution >= 4 is 5.97 Å². The van der Waals surface area contributed by atoms with Gasteiger partial charge in [-0.15, -0.1) is 0 Å². The molecule has 0 aromatic heterocycles. The van der Waals surface area contributed by atoms with Crippen LogP contribution in [0.5, 0.6) is 0 Å². The highest BCUT2D eigenvalue weighted by molar-refractivity contribution is 5.72. The first-order valence-corrected chi connectivity index (χ1v) is 7.34. The summed E-state index contributed by atoms with van der Waals surface area (Å²) in [7, 11) is 1.49. The van der Waals surface area contributed by atoms with E-state index in [0.717, 1.165) is 18.8 Å². The Morgan fingerprint density at radius 2 is 2.05 bits per heavy atom. The van der Waals surface area contributed by atoms with Crippen LogP contribution in [0.1, 0.15) is 60.8 Å². The second kappa shape index (κ2) is 8.39. The minimum atomic E-state index is -0.0635. The maximum Gasteiger partial charge on any atom is 0.308 e. The average molecular weight is 268 g/mol. The van der Waals surface area contributed by atoms with Gasteiger partial charge in [-0.25, -0.2) is 0 Å². The first-order chi connectivity index (χ1) is 8.56. The lowest BCUT2D eigenvalue weighted by molar-refractivity contribution is -0.146. The van der Waals surface area contributed by atoms with Crippen molar-refractivity contribution in [1.29, 1.82) is 0 Å². The molecule has 1 aliphatic rings. The molecule has 0 spiro atoms. The van der Waals surface area contributed by atoms with Gasteiger partial charge in [0.2, 0.25) is 0 Å². The van der Waals surface area contributed by atoms with E-state index in [0.29, 0.717) is 11.8 Å². The van der Waals surface area contributed by atoms with Crippen LogP contribution in [0, 0.1) is 23.7 Å². The smallest absolute Gasteiger partial charge is 0.308 e. The SMILES string of the molecule is C.CC/C=C1\C(CC)[C@H](C)CC[C@H]1C(C)C(=O)OC. The summed E-state index contributed by atoms with van der Waals surface area (Å²) in [6, 6.07) is 0. The normalized spacial score (nSPS) is 30.6. The quantitative estimate of drug-likeness (QED) is 0.538. The van der Waals surface area contributed by atoms with Crippen LogP contribution in [0.4, 0.5) is 0 Å². The molecule has 4 atom stereocenters. The number of allylic oxidation sites excluding steroid dienone is 2. The van der Waals surface area contributed by atoms with Gasteiger partial charge in [-0.3, -0.25) is 4.79 Å². The van der Waals surface area contributed by atoms with Gasteiger partial charge in [0.15, 0.2) is 0 Å². The molecule has 0 bridgehead atoms. The Morgan fingerprint density at radius 1 is 1.42 bits per heavy atom. The lowest BCUT2D eigenvalue weighted by Crippen LogP contribution is -2.33. The van der Waals surface area contributed by atoms with Gasteiger partial charge in [0.25, 0.3) is 0 Å². The summed E-state index contributed by atoms with van der Waals surface area (Å²) in [6.45, 7) is 8.80. The van der Waals surface area contributed by atoms with Gasteiger partial charge in [-0.1, -0.05) is 46.8 Å². The Balaban J connectivity index is 0.00000324. The highest BCUT2D eigenvalue weighted by Crippen LogP contribution is 2.43. The zero-order chi connectivity index (χ0) is 13.7. The second-order valence-corrected chi connectivity index (χ2v) is 5.60. The number of methoxy groups -OCH3 is 1. The largest absolute Gasteiger partial charge is 0.469 e. The first kappa shape index (κ1) is 18.2. The van der Waals surface area contributed by atoms with Crippen molar-refractivity contribution in [2.24, 2.45) is 23.7 Å². The molecule has 0 heterocycles. The molecule has 0 radical (unpaired) electrons. The fraction of sp³-hybridized carbons (Fsp3) is 0.824. The summed E-state index contributed by atoms with van der Waals surface area (Å²) in [6.07, 6.45) is 6.94. The molecule has 0 aromatic rings. The number of esters is 1. The molecule has 112 valence electrons. The third kappa shape index (κ3) is 4.09. The van der Waals surface area contributed by atoms with Gasteiger partial charge < -0.3 is 4.74 Å². The van der Waals surface area contributed by atoms with E-state index in [1.54, 1.807) is 0 Å². The molecule has 2 nitrogen and oxygen atoms in total. The zero-order valence-corrected chi connectivity index (χ0v) is 12.5. The van der Waals surface area contributed by atoms with Gasteiger partial charge in [0.05, 0.1) is 13.0 Å². The summed E-state index contributed by atoms with van der Waals surface area (Å²) < 4.78 is 4.92. The van der Waals surface area contributed by atoms with Crippen molar-refractivity contribution in [3.05, 3.63) is 11.6 Å². The van der Waals surface area contributed by atoms with E-state index in [1.807, 2.05) is 6.92 Å². The predicted octanol–water partition coefficient (Wildman–Crippen LogP) is 4.84. The molecule has 0 aliphatic heterocycles. The Morgan fingerprint density at radius 3 is 2.53 bits per heavy atom. The van der Waals surface area contributed by atoms with Crippen LogP contribution >= 0.6 is 0 Å². The summed E-state index contributed by atoms with van der Waals surface area (Å²) in [5.41, 5.74) is 1.51. The highest BCUT2D eigenvalue weighted by Gasteiger charge is 2.36. The Kier molecular flexibility index (Phi) is 8.05. The van der Waals surface area contributed by atoms with E-state index < -0.39 is 0 Å². The Hall–Kier alpha value is -0.790. The summed E-state index contributed by atoms with van der Waals surface area (Å²) in [4.78, 5) is 11.8. The van der Waals surface area contributed by atoms with Crippen LogP contribution < -0.4 is 0 Å². The van der Waals surface area contributed by atoms with E-state index in [2.05, 4.69) is 26.8 Å². The van der Waals surface area contributed by atoms with Crippen LogP contribution in [0.2, 0.25) is 0 Å². The van der Waals surface area contributed by atoms with Crippen LogP contribution in [0.3, 0.4) is 0 Å². The molecule has 2 heteroatoms. The zero-order valence-electron chi connectivity index (χ0n) is 12.5. The molecule has 1 rings (SSSR count). The number of hydrogen-bond acceptors (Lipinski definition) is 2. The van der Waals surface area contributed by atoms with E-state index in [1.165, 1.54) is 25.5 Å². The molecular formula is C17H32O2. The van der Waals surface area contributed by atoms with Gasteiger partial charge in [0, 0.05) is 0 Å². The Bertz CT molecular complexity index is 306. The number of carbonyl (C=O) groups is 1. The molecule has 0 N–H and O–H groups in total. The maximum absolute atomic E-state index is 11.8. The molecule has 0 saturated heterocycles. The molecule has 0 amide bonds. The number of hydrogen-bond donors (Lipinski definition) is 0. The lowest BCUT2D eigenvalue weighted by atomic mass is 9.66. The fourth-order valence-electron chi connectivity index (χ4n) is 3.48. The number of ether oxygens (including phenoxy) is 1. The van der Waals surface area contributed by atoms with Crippen LogP contribution in [0.25, 0.3) is 0 Å². The molecule has 1 saturated carbocycles. The standard InChI is InChI=1S/C16H28O2.CH4/c1-6-8-15-13(7-2)11(3)9-10-14(15)12(4)16(17)18-5;/h8,11-14H,6-7,9-10H2,1-5H3;1H4/b15-8+;/t11-,12?,13?,14+;/m1./s1. The molecule has 19 heavy (non-hydrogen) atoms. The van der Waals surface area contributed by atoms with Crippen molar-refractivity contribution in [3.63, 3.8) is 0 Å². The van der Waals surface area contributed by atoms with Gasteiger partial charge in [0.1, 0.15) is 0 Å². The summed E-state index contributed by atoms with van der Waals surface area (Å²) >= 11 is 0. The van der Waals surface area contributed by atoms with Crippen LogP contribution in [-0.4, -0.2) is 13.1 Å². The fourth-order valence-corrected chi connectivity index (χ4v) is 3.48. The molecule has 1 aliphatic carbocycles. The third-order valence-electron chi connectivity index (χ3n) is 4.53. The molecule has 2 unspecified atom stereocenters. The van der Waals surface area contributed by atoms with Crippen molar-refractivity contribution in [3.8, 4) is 0 Å². The van der Waals surface area contributed by atoms with E-state index >= 15 is 0 Å². The predicted molar refractivity (Wildman–Crippen MR) is 82.0 cm³/mol. The minimum absolute atomic E-state index is 0. The van der Waals surface area contributed by atoms with Gasteiger partial charge in [-0.05, 0) is 43.4 Å². The van der Waals surface area contributed by atoms with E-state index in [4.69, 9.17) is 4.74 Å². The monoisotopic (exact) mass is 268 g/mol. The third-order valence-corrected chi connectivity index (χ3v) is 4.53. The minimum Gasteiger partial charge on any atom is -0.469 e. The molecule has 0 aromatic carbocycles. The number of rotatable bonds is 4.